The van der Waals surface area contributed by atoms with Crippen molar-refractivity contribution in [2.75, 3.05) is 5.32 Å². The molecule has 0 fully saturated rings. The summed E-state index contributed by atoms with van der Waals surface area (Å²) in [5.41, 5.74) is 5.10. The summed E-state index contributed by atoms with van der Waals surface area (Å²) in [7, 11) is 0. The van der Waals surface area contributed by atoms with E-state index >= 15 is 0 Å². The molecule has 3 aromatic rings. The van der Waals surface area contributed by atoms with Crippen LogP contribution in [0.3, 0.4) is 0 Å². The lowest BCUT2D eigenvalue weighted by atomic mass is 10.1. The van der Waals surface area contributed by atoms with Crippen LogP contribution in [0.1, 0.15) is 27.0 Å². The fraction of sp³-hybridized carbons (Fsp3) is 0.200. The van der Waals surface area contributed by atoms with Crippen LogP contribution >= 0.6 is 0 Å². The van der Waals surface area contributed by atoms with Gasteiger partial charge < -0.3 is 9.88 Å². The van der Waals surface area contributed by atoms with Crippen LogP contribution in [0.4, 0.5) is 5.69 Å². The molecule has 0 bridgehead atoms. The summed E-state index contributed by atoms with van der Waals surface area (Å²) >= 11 is 0. The van der Waals surface area contributed by atoms with Crippen LogP contribution in [0.5, 0.6) is 0 Å². The number of benzene rings is 2. The topological polar surface area (TPSA) is 51.1 Å². The molecule has 1 N–H and O–H groups in total. The molecule has 1 amide bonds. The molecule has 1 aromatic heterocycles. The van der Waals surface area contributed by atoms with E-state index in [4.69, 9.17) is 0 Å². The molecule has 0 atom stereocenters. The van der Waals surface area contributed by atoms with Crippen molar-refractivity contribution < 1.29 is 4.79 Å². The van der Waals surface area contributed by atoms with Gasteiger partial charge in [-0.2, -0.15) is 0 Å². The summed E-state index contributed by atoms with van der Waals surface area (Å²) in [6.45, 7) is 4.83. The Morgan fingerprint density at radius 3 is 2.75 bits per heavy atom. The second-order valence-electron chi connectivity index (χ2n) is 6.38. The van der Waals surface area contributed by atoms with Crippen LogP contribution < -0.4 is 10.7 Å². The number of nitrogens with one attached hydrogen (secondary N) is 1. The van der Waals surface area contributed by atoms with Gasteiger partial charge in [0.05, 0.1) is 5.52 Å². The Morgan fingerprint density at radius 1 is 1.12 bits per heavy atom. The van der Waals surface area contributed by atoms with E-state index in [0.29, 0.717) is 11.1 Å². The fourth-order valence-corrected chi connectivity index (χ4v) is 3.34. The van der Waals surface area contributed by atoms with Gasteiger partial charge in [0.2, 0.25) is 5.43 Å². The minimum Gasteiger partial charge on any atom is -0.346 e. The van der Waals surface area contributed by atoms with Gasteiger partial charge in [-0.15, -0.1) is 0 Å². The molecular formula is C20H18N2O2. The van der Waals surface area contributed by atoms with E-state index in [1.54, 1.807) is 12.3 Å². The summed E-state index contributed by atoms with van der Waals surface area (Å²) in [6.07, 6.45) is 2.59. The van der Waals surface area contributed by atoms with Crippen molar-refractivity contribution in [3.05, 3.63) is 75.1 Å². The van der Waals surface area contributed by atoms with Crippen molar-refractivity contribution in [2.24, 2.45) is 0 Å². The molecule has 1 aliphatic rings. The number of pyridine rings is 1. The normalized spacial score (nSPS) is 12.6. The molecule has 0 unspecified atom stereocenters. The standard InChI is InChI=1S/C20H18N2O2/c1-12-6-7-15(10-13(12)2)21-20(24)17-11-22-9-8-14-4-3-5-16(18(14)22)19(17)23/h3-7,10-11H,8-9H2,1-2H3,(H,21,24). The number of para-hydroxylation sites is 1. The van der Waals surface area contributed by atoms with Crippen LogP contribution in [-0.4, -0.2) is 10.5 Å². The van der Waals surface area contributed by atoms with Crippen LogP contribution in [-0.2, 0) is 13.0 Å². The highest BCUT2D eigenvalue weighted by molar-refractivity contribution is 6.06. The third-order valence-electron chi connectivity index (χ3n) is 4.81. The molecule has 0 radical (unpaired) electrons. The van der Waals surface area contributed by atoms with E-state index in [1.807, 2.05) is 48.7 Å². The SMILES string of the molecule is Cc1ccc(NC(=O)c2cn3c4c(cccc4c2=O)CC3)cc1C. The van der Waals surface area contributed by atoms with E-state index in [1.165, 1.54) is 11.1 Å². The number of aromatic nitrogens is 1. The molecule has 2 heterocycles. The second kappa shape index (κ2) is 5.34. The monoisotopic (exact) mass is 318 g/mol. The number of anilines is 1. The van der Waals surface area contributed by atoms with Crippen LogP contribution in [0.15, 0.2) is 47.4 Å². The minimum atomic E-state index is -0.355. The van der Waals surface area contributed by atoms with Gasteiger partial charge in [-0.05, 0) is 55.2 Å². The van der Waals surface area contributed by atoms with Crippen molar-refractivity contribution in [2.45, 2.75) is 26.8 Å². The quantitative estimate of drug-likeness (QED) is 0.787. The zero-order chi connectivity index (χ0) is 16.8. The Hall–Kier alpha value is -2.88. The highest BCUT2D eigenvalue weighted by Crippen LogP contribution is 2.24. The first-order valence-electron chi connectivity index (χ1n) is 8.08. The first kappa shape index (κ1) is 14.7. The molecule has 0 saturated carbocycles. The van der Waals surface area contributed by atoms with E-state index in [0.717, 1.165) is 24.0 Å². The smallest absolute Gasteiger partial charge is 0.261 e. The Morgan fingerprint density at radius 2 is 1.96 bits per heavy atom. The Balaban J connectivity index is 1.77. The van der Waals surface area contributed by atoms with Gasteiger partial charge in [0, 0.05) is 23.8 Å². The third-order valence-corrected chi connectivity index (χ3v) is 4.81. The highest BCUT2D eigenvalue weighted by Gasteiger charge is 2.20. The molecule has 4 nitrogen and oxygen atoms in total. The van der Waals surface area contributed by atoms with Crippen LogP contribution in [0.25, 0.3) is 10.9 Å². The van der Waals surface area contributed by atoms with Crippen molar-refractivity contribution >= 4 is 22.5 Å². The number of amides is 1. The van der Waals surface area contributed by atoms with Gasteiger partial charge >= 0.3 is 0 Å². The van der Waals surface area contributed by atoms with Gasteiger partial charge in [0.1, 0.15) is 5.56 Å². The maximum absolute atomic E-state index is 12.7. The van der Waals surface area contributed by atoms with Gasteiger partial charge in [-0.3, -0.25) is 9.59 Å². The zero-order valence-electron chi connectivity index (χ0n) is 13.7. The van der Waals surface area contributed by atoms with Gasteiger partial charge in [0.15, 0.2) is 0 Å². The van der Waals surface area contributed by atoms with Gasteiger partial charge in [-0.1, -0.05) is 18.2 Å². The van der Waals surface area contributed by atoms with Crippen LogP contribution in [0, 0.1) is 13.8 Å². The van der Waals surface area contributed by atoms with Crippen molar-refractivity contribution in [3.8, 4) is 0 Å². The molecule has 120 valence electrons. The van der Waals surface area contributed by atoms with E-state index in [2.05, 4.69) is 5.32 Å². The maximum atomic E-state index is 12.7. The first-order chi connectivity index (χ1) is 11.5. The summed E-state index contributed by atoms with van der Waals surface area (Å²) in [5.74, 6) is -0.355. The van der Waals surface area contributed by atoms with E-state index < -0.39 is 0 Å². The number of hydrogen-bond donors (Lipinski definition) is 1. The molecule has 0 spiro atoms. The van der Waals surface area contributed by atoms with E-state index in [9.17, 15) is 9.59 Å². The number of carbonyl (C=O) groups excluding carboxylic acids is 1. The average molecular weight is 318 g/mol. The fourth-order valence-electron chi connectivity index (χ4n) is 3.34. The minimum absolute atomic E-state index is 0.194. The summed E-state index contributed by atoms with van der Waals surface area (Å²) in [5, 5.41) is 3.47. The van der Waals surface area contributed by atoms with Gasteiger partial charge in [-0.25, -0.2) is 0 Å². The molecule has 24 heavy (non-hydrogen) atoms. The largest absolute Gasteiger partial charge is 0.346 e. The average Bonchev–Trinajstić information content (AvgIpc) is 2.98. The predicted molar refractivity (Wildman–Crippen MR) is 95.8 cm³/mol. The lowest BCUT2D eigenvalue weighted by Gasteiger charge is -2.10. The number of carbonyl (C=O) groups is 1. The first-order valence-corrected chi connectivity index (χ1v) is 8.08. The predicted octanol–water partition coefficient (Wildman–Crippen LogP) is 3.43. The number of rotatable bonds is 2. The molecular weight excluding hydrogens is 300 g/mol. The number of aryl methyl sites for hydroxylation is 4. The molecule has 4 heteroatoms. The van der Waals surface area contributed by atoms with E-state index in [-0.39, 0.29) is 16.9 Å². The summed E-state index contributed by atoms with van der Waals surface area (Å²) in [6, 6.07) is 11.5. The zero-order valence-corrected chi connectivity index (χ0v) is 13.7. The Kier molecular flexibility index (Phi) is 3.27. The third kappa shape index (κ3) is 2.22. The van der Waals surface area contributed by atoms with Gasteiger partial charge in [0.25, 0.3) is 5.91 Å². The summed E-state index contributed by atoms with van der Waals surface area (Å²) < 4.78 is 2.02. The molecule has 2 aromatic carbocycles. The van der Waals surface area contributed by atoms with Crippen molar-refractivity contribution in [3.63, 3.8) is 0 Å². The number of nitrogens with zero attached hydrogens (tertiary/aromatic N) is 1. The lowest BCUT2D eigenvalue weighted by Crippen LogP contribution is -2.23. The second-order valence-corrected chi connectivity index (χ2v) is 6.38. The maximum Gasteiger partial charge on any atom is 0.261 e. The number of hydrogen-bond acceptors (Lipinski definition) is 2. The Bertz CT molecular complexity index is 1050. The van der Waals surface area contributed by atoms with Crippen LogP contribution in [0.2, 0.25) is 0 Å². The molecule has 0 saturated heterocycles. The Labute approximate surface area is 139 Å². The molecule has 1 aliphatic heterocycles. The highest BCUT2D eigenvalue weighted by atomic mass is 16.2. The van der Waals surface area contributed by atoms with Crippen molar-refractivity contribution in [1.29, 1.82) is 0 Å². The van der Waals surface area contributed by atoms with Crippen molar-refractivity contribution in [1.82, 2.24) is 4.57 Å². The summed E-state index contributed by atoms with van der Waals surface area (Å²) in [4.78, 5) is 25.4. The molecule has 0 aliphatic carbocycles. The lowest BCUT2D eigenvalue weighted by molar-refractivity contribution is 0.102. The molecule has 4 rings (SSSR count).